The molecule has 0 bridgehead atoms. The summed E-state index contributed by atoms with van der Waals surface area (Å²) in [4.78, 5) is 6.36. The standard InChI is InChI=1S/C20H36N4O2/c1-17(2)10-13-25-14-11-22-20(21-3)23-16-18-8-6-7-9-19(18)26-15-12-24(4)5/h6-9,17H,10-16H2,1-5H3,(H2,21,22,23). The Labute approximate surface area is 159 Å². The van der Waals surface area contributed by atoms with Gasteiger partial charge in [0.25, 0.3) is 0 Å². The molecule has 148 valence electrons. The molecule has 1 aromatic carbocycles. The SMILES string of the molecule is CN=C(NCCOCCC(C)C)NCc1ccccc1OCCN(C)C. The van der Waals surface area contributed by atoms with Crippen LogP contribution in [0.2, 0.25) is 0 Å². The number of aliphatic imine (C=N–C) groups is 1. The van der Waals surface area contributed by atoms with Gasteiger partial charge in [0.1, 0.15) is 12.4 Å². The van der Waals surface area contributed by atoms with E-state index in [9.17, 15) is 0 Å². The van der Waals surface area contributed by atoms with Crippen LogP contribution in [0.4, 0.5) is 0 Å². The average molecular weight is 365 g/mol. The molecule has 1 aromatic rings. The zero-order chi connectivity index (χ0) is 19.2. The summed E-state index contributed by atoms with van der Waals surface area (Å²) >= 11 is 0. The lowest BCUT2D eigenvalue weighted by Crippen LogP contribution is -2.38. The molecular formula is C20H36N4O2. The number of para-hydroxylation sites is 1. The molecule has 6 nitrogen and oxygen atoms in total. The zero-order valence-corrected chi connectivity index (χ0v) is 17.0. The van der Waals surface area contributed by atoms with E-state index in [0.717, 1.165) is 43.4 Å². The summed E-state index contributed by atoms with van der Waals surface area (Å²) in [5, 5.41) is 6.60. The van der Waals surface area contributed by atoms with Gasteiger partial charge in [-0.1, -0.05) is 32.0 Å². The third-order valence-electron chi connectivity index (χ3n) is 3.82. The lowest BCUT2D eigenvalue weighted by atomic mass is 10.1. The van der Waals surface area contributed by atoms with Gasteiger partial charge in [-0.2, -0.15) is 0 Å². The summed E-state index contributed by atoms with van der Waals surface area (Å²) in [6.07, 6.45) is 1.09. The molecular weight excluding hydrogens is 328 g/mol. The van der Waals surface area contributed by atoms with Crippen LogP contribution in [0.15, 0.2) is 29.3 Å². The zero-order valence-electron chi connectivity index (χ0n) is 17.0. The van der Waals surface area contributed by atoms with Gasteiger partial charge in [-0.3, -0.25) is 4.99 Å². The Bertz CT molecular complexity index is 518. The molecule has 6 heteroatoms. The summed E-state index contributed by atoms with van der Waals surface area (Å²) in [7, 11) is 5.85. The second-order valence-electron chi connectivity index (χ2n) is 6.91. The Morgan fingerprint density at radius 3 is 2.58 bits per heavy atom. The summed E-state index contributed by atoms with van der Waals surface area (Å²) in [5.41, 5.74) is 1.11. The topological polar surface area (TPSA) is 58.1 Å². The van der Waals surface area contributed by atoms with Crippen LogP contribution < -0.4 is 15.4 Å². The molecule has 0 unspecified atom stereocenters. The molecule has 0 saturated heterocycles. The Morgan fingerprint density at radius 2 is 1.88 bits per heavy atom. The molecule has 26 heavy (non-hydrogen) atoms. The van der Waals surface area contributed by atoms with Crippen LogP contribution >= 0.6 is 0 Å². The van der Waals surface area contributed by atoms with Crippen molar-refractivity contribution in [3.63, 3.8) is 0 Å². The lowest BCUT2D eigenvalue weighted by Gasteiger charge is -2.16. The van der Waals surface area contributed by atoms with Crippen LogP contribution in [0.1, 0.15) is 25.8 Å². The van der Waals surface area contributed by atoms with Crippen molar-refractivity contribution in [3.8, 4) is 5.75 Å². The van der Waals surface area contributed by atoms with E-state index in [-0.39, 0.29) is 0 Å². The highest BCUT2D eigenvalue weighted by molar-refractivity contribution is 5.79. The fourth-order valence-electron chi connectivity index (χ4n) is 2.19. The van der Waals surface area contributed by atoms with E-state index < -0.39 is 0 Å². The summed E-state index contributed by atoms with van der Waals surface area (Å²) in [5.74, 6) is 2.35. The van der Waals surface area contributed by atoms with Gasteiger partial charge in [0.2, 0.25) is 0 Å². The largest absolute Gasteiger partial charge is 0.492 e. The smallest absolute Gasteiger partial charge is 0.191 e. The molecule has 0 saturated carbocycles. The average Bonchev–Trinajstić information content (AvgIpc) is 2.61. The van der Waals surface area contributed by atoms with Crippen molar-refractivity contribution in [1.29, 1.82) is 0 Å². The van der Waals surface area contributed by atoms with Crippen LogP contribution in [0, 0.1) is 5.92 Å². The van der Waals surface area contributed by atoms with E-state index in [1.54, 1.807) is 7.05 Å². The number of nitrogens with one attached hydrogen (secondary N) is 2. The first kappa shape index (κ1) is 22.3. The van der Waals surface area contributed by atoms with Crippen LogP contribution in [-0.4, -0.2) is 64.9 Å². The van der Waals surface area contributed by atoms with E-state index in [2.05, 4.69) is 40.4 Å². The normalized spacial score (nSPS) is 11.9. The van der Waals surface area contributed by atoms with Gasteiger partial charge in [0.05, 0.1) is 6.61 Å². The molecule has 0 amide bonds. The molecule has 1 rings (SSSR count). The van der Waals surface area contributed by atoms with Crippen molar-refractivity contribution in [2.24, 2.45) is 10.9 Å². The maximum atomic E-state index is 5.90. The molecule has 0 aliphatic rings. The number of benzene rings is 1. The number of ether oxygens (including phenoxy) is 2. The van der Waals surface area contributed by atoms with Crippen LogP contribution in [0.3, 0.4) is 0 Å². The summed E-state index contributed by atoms with van der Waals surface area (Å²) in [6, 6.07) is 8.09. The molecule has 0 spiro atoms. The first-order valence-corrected chi connectivity index (χ1v) is 9.40. The monoisotopic (exact) mass is 364 g/mol. The van der Waals surface area contributed by atoms with Gasteiger partial charge in [0.15, 0.2) is 5.96 Å². The highest BCUT2D eigenvalue weighted by Gasteiger charge is 2.05. The van der Waals surface area contributed by atoms with Crippen molar-refractivity contribution in [2.45, 2.75) is 26.8 Å². The van der Waals surface area contributed by atoms with E-state index in [1.165, 1.54) is 0 Å². The Morgan fingerprint density at radius 1 is 1.12 bits per heavy atom. The predicted molar refractivity (Wildman–Crippen MR) is 109 cm³/mol. The molecule has 0 heterocycles. The van der Waals surface area contributed by atoms with Gasteiger partial charge < -0.3 is 25.0 Å². The minimum Gasteiger partial charge on any atom is -0.492 e. The van der Waals surface area contributed by atoms with Gasteiger partial charge in [-0.25, -0.2) is 0 Å². The molecule has 0 aliphatic carbocycles. The lowest BCUT2D eigenvalue weighted by molar-refractivity contribution is 0.128. The summed E-state index contributed by atoms with van der Waals surface area (Å²) < 4.78 is 11.5. The maximum absolute atomic E-state index is 5.90. The van der Waals surface area contributed by atoms with Gasteiger partial charge in [-0.05, 0) is 32.5 Å². The van der Waals surface area contributed by atoms with E-state index in [0.29, 0.717) is 25.7 Å². The van der Waals surface area contributed by atoms with Crippen molar-refractivity contribution >= 4 is 5.96 Å². The van der Waals surface area contributed by atoms with Crippen LogP contribution in [0.5, 0.6) is 5.75 Å². The molecule has 0 atom stereocenters. The Balaban J connectivity index is 2.34. The van der Waals surface area contributed by atoms with Crippen molar-refractivity contribution < 1.29 is 9.47 Å². The van der Waals surface area contributed by atoms with Gasteiger partial charge >= 0.3 is 0 Å². The van der Waals surface area contributed by atoms with E-state index in [1.807, 2.05) is 32.3 Å². The fraction of sp³-hybridized carbons (Fsp3) is 0.650. The van der Waals surface area contributed by atoms with E-state index in [4.69, 9.17) is 9.47 Å². The third kappa shape index (κ3) is 10.3. The predicted octanol–water partition coefficient (Wildman–Crippen LogP) is 2.35. The minimum atomic E-state index is 0.659. The van der Waals surface area contributed by atoms with Crippen molar-refractivity contribution in [3.05, 3.63) is 29.8 Å². The second kappa shape index (κ2) is 13.4. The maximum Gasteiger partial charge on any atom is 0.191 e. The first-order valence-electron chi connectivity index (χ1n) is 9.40. The first-order chi connectivity index (χ1) is 12.5. The van der Waals surface area contributed by atoms with Crippen molar-refractivity contribution in [2.75, 3.05) is 54.1 Å². The number of guanidine groups is 1. The van der Waals surface area contributed by atoms with Crippen LogP contribution in [-0.2, 0) is 11.3 Å². The molecule has 0 aliphatic heterocycles. The number of hydrogen-bond acceptors (Lipinski definition) is 4. The number of likely N-dealkylation sites (N-methyl/N-ethyl adjacent to an activating group) is 1. The summed E-state index contributed by atoms with van der Waals surface area (Å²) in [6.45, 7) is 8.85. The highest BCUT2D eigenvalue weighted by atomic mass is 16.5. The van der Waals surface area contributed by atoms with E-state index >= 15 is 0 Å². The van der Waals surface area contributed by atoms with Gasteiger partial charge in [0, 0.05) is 38.9 Å². The minimum absolute atomic E-state index is 0.659. The highest BCUT2D eigenvalue weighted by Crippen LogP contribution is 2.17. The number of rotatable bonds is 12. The molecule has 2 N–H and O–H groups in total. The molecule has 0 radical (unpaired) electrons. The number of hydrogen-bond donors (Lipinski definition) is 2. The number of nitrogens with zero attached hydrogens (tertiary/aromatic N) is 2. The third-order valence-corrected chi connectivity index (χ3v) is 3.82. The van der Waals surface area contributed by atoms with Crippen molar-refractivity contribution in [1.82, 2.24) is 15.5 Å². The molecule has 0 fully saturated rings. The molecule has 0 aromatic heterocycles. The Kier molecular flexibility index (Phi) is 11.5. The van der Waals surface area contributed by atoms with Crippen LogP contribution in [0.25, 0.3) is 0 Å². The Hall–Kier alpha value is -1.79. The quantitative estimate of drug-likeness (QED) is 0.339. The second-order valence-corrected chi connectivity index (χ2v) is 6.91. The van der Waals surface area contributed by atoms with Gasteiger partial charge in [-0.15, -0.1) is 0 Å². The fourth-order valence-corrected chi connectivity index (χ4v) is 2.19.